The lowest BCUT2D eigenvalue weighted by Crippen LogP contribution is -2.14. The molecule has 0 N–H and O–H groups in total. The summed E-state index contributed by atoms with van der Waals surface area (Å²) >= 11 is 4.93. The van der Waals surface area contributed by atoms with Crippen LogP contribution in [0.25, 0.3) is 21.7 Å². The van der Waals surface area contributed by atoms with E-state index in [1.807, 2.05) is 41.9 Å². The molecule has 0 unspecified atom stereocenters. The molecule has 0 saturated carbocycles. The lowest BCUT2D eigenvalue weighted by Gasteiger charge is -2.08. The Bertz CT molecular complexity index is 1220. The molecule has 1 amide bonds. The maximum Gasteiger partial charge on any atom is 0.279 e. The minimum absolute atomic E-state index is 0.246. The van der Waals surface area contributed by atoms with Gasteiger partial charge in [-0.05, 0) is 42.3 Å². The van der Waals surface area contributed by atoms with E-state index in [4.69, 9.17) is 0 Å². The van der Waals surface area contributed by atoms with Crippen LogP contribution in [-0.2, 0) is 7.05 Å². The molecule has 4 rings (SSSR count). The molecule has 0 bridgehead atoms. The molecule has 5 heteroatoms. The Hall–Kier alpha value is -2.76. The van der Waals surface area contributed by atoms with E-state index in [0.717, 1.165) is 26.2 Å². The first-order chi connectivity index (χ1) is 14.0. The maximum absolute atomic E-state index is 12.7. The van der Waals surface area contributed by atoms with Crippen molar-refractivity contribution in [3.05, 3.63) is 99.3 Å². The van der Waals surface area contributed by atoms with E-state index >= 15 is 0 Å². The fourth-order valence-corrected chi connectivity index (χ4v) is 4.53. The fraction of sp³-hybridized carbons (Fsp3) is 0.0833. The molecule has 0 aliphatic rings. The van der Waals surface area contributed by atoms with Gasteiger partial charge in [0.25, 0.3) is 5.91 Å². The summed E-state index contributed by atoms with van der Waals surface area (Å²) in [6.45, 7) is 2.08. The van der Waals surface area contributed by atoms with Crippen LogP contribution in [0.2, 0.25) is 0 Å². The quantitative estimate of drug-likeness (QED) is 0.355. The SMILES string of the molecule is Cc1ccc(-c2c(-c3ccccc3)sc(=NC(=O)c3ccc(Br)cc3)n2C)cc1. The topological polar surface area (TPSA) is 34.4 Å². The smallest absolute Gasteiger partial charge is 0.279 e. The summed E-state index contributed by atoms with van der Waals surface area (Å²) in [6.07, 6.45) is 0. The Balaban J connectivity index is 1.89. The maximum atomic E-state index is 12.7. The van der Waals surface area contributed by atoms with Gasteiger partial charge in [-0.3, -0.25) is 4.79 Å². The zero-order valence-electron chi connectivity index (χ0n) is 16.1. The number of hydrogen-bond donors (Lipinski definition) is 0. The molecule has 29 heavy (non-hydrogen) atoms. The molecule has 0 saturated heterocycles. The van der Waals surface area contributed by atoms with Gasteiger partial charge in [0.2, 0.25) is 0 Å². The van der Waals surface area contributed by atoms with Gasteiger partial charge in [0, 0.05) is 17.1 Å². The molecule has 0 radical (unpaired) electrons. The van der Waals surface area contributed by atoms with Crippen LogP contribution in [0.3, 0.4) is 0 Å². The standard InChI is InChI=1S/C24H19BrN2OS/c1-16-8-10-17(11-9-16)21-22(18-6-4-3-5-7-18)29-24(27(21)2)26-23(28)19-12-14-20(25)15-13-19/h3-15H,1-2H3. The summed E-state index contributed by atoms with van der Waals surface area (Å²) in [5, 5.41) is 0. The van der Waals surface area contributed by atoms with E-state index < -0.39 is 0 Å². The Labute approximate surface area is 182 Å². The molecular weight excluding hydrogens is 444 g/mol. The number of hydrogen-bond acceptors (Lipinski definition) is 2. The van der Waals surface area contributed by atoms with E-state index in [1.165, 1.54) is 16.9 Å². The monoisotopic (exact) mass is 462 g/mol. The van der Waals surface area contributed by atoms with Gasteiger partial charge in [-0.1, -0.05) is 87.4 Å². The summed E-state index contributed by atoms with van der Waals surface area (Å²) in [5.41, 5.74) is 5.05. The number of rotatable bonds is 3. The van der Waals surface area contributed by atoms with Crippen LogP contribution in [0.4, 0.5) is 0 Å². The van der Waals surface area contributed by atoms with Crippen LogP contribution in [0.15, 0.2) is 88.3 Å². The van der Waals surface area contributed by atoms with Crippen LogP contribution in [0, 0.1) is 6.92 Å². The Morgan fingerprint density at radius 2 is 1.55 bits per heavy atom. The average molecular weight is 463 g/mol. The van der Waals surface area contributed by atoms with E-state index in [1.54, 1.807) is 12.1 Å². The molecule has 0 aliphatic heterocycles. The lowest BCUT2D eigenvalue weighted by atomic mass is 10.1. The highest BCUT2D eigenvalue weighted by atomic mass is 79.9. The summed E-state index contributed by atoms with van der Waals surface area (Å²) in [4.78, 5) is 18.9. The number of aryl methyl sites for hydroxylation is 1. The molecule has 0 atom stereocenters. The predicted octanol–water partition coefficient (Wildman–Crippen LogP) is 6.23. The Morgan fingerprint density at radius 1 is 0.897 bits per heavy atom. The van der Waals surface area contributed by atoms with Crippen LogP contribution in [0.5, 0.6) is 0 Å². The van der Waals surface area contributed by atoms with Crippen molar-refractivity contribution in [3.8, 4) is 21.7 Å². The van der Waals surface area contributed by atoms with Crippen molar-refractivity contribution in [2.24, 2.45) is 12.0 Å². The molecule has 0 spiro atoms. The van der Waals surface area contributed by atoms with Gasteiger partial charge in [-0.15, -0.1) is 0 Å². The molecule has 0 fully saturated rings. The van der Waals surface area contributed by atoms with Crippen LogP contribution < -0.4 is 4.80 Å². The third-order valence-corrected chi connectivity index (χ3v) is 6.39. The van der Waals surface area contributed by atoms with Crippen LogP contribution >= 0.6 is 27.3 Å². The minimum Gasteiger partial charge on any atom is -0.319 e. The second-order valence-electron chi connectivity index (χ2n) is 6.78. The third kappa shape index (κ3) is 4.16. The van der Waals surface area contributed by atoms with E-state index in [0.29, 0.717) is 10.4 Å². The Kier molecular flexibility index (Phi) is 5.60. The van der Waals surface area contributed by atoms with Crippen LogP contribution in [-0.4, -0.2) is 10.5 Å². The fourth-order valence-electron chi connectivity index (χ4n) is 3.12. The zero-order valence-corrected chi connectivity index (χ0v) is 18.5. The number of nitrogens with zero attached hydrogens (tertiary/aromatic N) is 2. The van der Waals surface area contributed by atoms with Gasteiger partial charge < -0.3 is 4.57 Å². The summed E-state index contributed by atoms with van der Waals surface area (Å²) in [6, 6.07) is 25.9. The van der Waals surface area contributed by atoms with E-state index in [9.17, 15) is 4.79 Å². The van der Waals surface area contributed by atoms with Crippen molar-refractivity contribution in [1.29, 1.82) is 0 Å². The van der Waals surface area contributed by atoms with E-state index in [2.05, 4.69) is 64.2 Å². The van der Waals surface area contributed by atoms with Gasteiger partial charge >= 0.3 is 0 Å². The number of benzene rings is 3. The first-order valence-electron chi connectivity index (χ1n) is 9.20. The van der Waals surface area contributed by atoms with Crippen molar-refractivity contribution in [2.45, 2.75) is 6.92 Å². The number of halogens is 1. The van der Waals surface area contributed by atoms with Crippen molar-refractivity contribution < 1.29 is 4.79 Å². The van der Waals surface area contributed by atoms with Gasteiger partial charge in [-0.25, -0.2) is 0 Å². The molecule has 1 aromatic heterocycles. The Morgan fingerprint density at radius 3 is 2.21 bits per heavy atom. The van der Waals surface area contributed by atoms with Gasteiger partial charge in [0.05, 0.1) is 10.6 Å². The minimum atomic E-state index is -0.246. The molecule has 3 aromatic carbocycles. The normalized spacial score (nSPS) is 11.6. The van der Waals surface area contributed by atoms with Crippen molar-refractivity contribution in [1.82, 2.24) is 4.57 Å². The number of thiazole rings is 1. The lowest BCUT2D eigenvalue weighted by molar-refractivity contribution is 0.0998. The van der Waals surface area contributed by atoms with Crippen molar-refractivity contribution in [3.63, 3.8) is 0 Å². The molecular formula is C24H19BrN2OS. The second-order valence-corrected chi connectivity index (χ2v) is 8.67. The van der Waals surface area contributed by atoms with Gasteiger partial charge in [0.15, 0.2) is 4.80 Å². The summed E-state index contributed by atoms with van der Waals surface area (Å²) < 4.78 is 2.94. The molecule has 144 valence electrons. The van der Waals surface area contributed by atoms with Gasteiger partial charge in [0.1, 0.15) is 0 Å². The van der Waals surface area contributed by atoms with Crippen molar-refractivity contribution in [2.75, 3.05) is 0 Å². The highest BCUT2D eigenvalue weighted by molar-refractivity contribution is 9.10. The van der Waals surface area contributed by atoms with E-state index in [-0.39, 0.29) is 5.91 Å². The molecule has 3 nitrogen and oxygen atoms in total. The molecule has 4 aromatic rings. The number of carbonyl (C=O) groups excluding carboxylic acids is 1. The van der Waals surface area contributed by atoms with Crippen LogP contribution in [0.1, 0.15) is 15.9 Å². The highest BCUT2D eigenvalue weighted by Gasteiger charge is 2.16. The number of amides is 1. The number of aromatic nitrogens is 1. The largest absolute Gasteiger partial charge is 0.319 e. The third-order valence-electron chi connectivity index (χ3n) is 4.68. The molecule has 1 heterocycles. The first-order valence-corrected chi connectivity index (χ1v) is 10.8. The summed E-state index contributed by atoms with van der Waals surface area (Å²) in [5.74, 6) is -0.246. The predicted molar refractivity (Wildman–Crippen MR) is 123 cm³/mol. The first kappa shape index (κ1) is 19.6. The highest BCUT2D eigenvalue weighted by Crippen LogP contribution is 2.34. The average Bonchev–Trinajstić information content (AvgIpc) is 3.06. The molecule has 0 aliphatic carbocycles. The zero-order chi connectivity index (χ0) is 20.4. The summed E-state index contributed by atoms with van der Waals surface area (Å²) in [7, 11) is 1.96. The van der Waals surface area contributed by atoms with Crippen molar-refractivity contribution >= 4 is 33.2 Å². The number of carbonyl (C=O) groups is 1. The van der Waals surface area contributed by atoms with Gasteiger partial charge in [-0.2, -0.15) is 4.99 Å². The second kappa shape index (κ2) is 8.31.